The summed E-state index contributed by atoms with van der Waals surface area (Å²) in [5.74, 6) is 0.103. The van der Waals surface area contributed by atoms with E-state index in [1.54, 1.807) is 31.4 Å². The fourth-order valence-electron chi connectivity index (χ4n) is 2.85. The number of anilines is 1. The molecule has 128 valence electrons. The molecular weight excluding hydrogens is 330 g/mol. The van der Waals surface area contributed by atoms with Gasteiger partial charge in [-0.1, -0.05) is 30.3 Å². The third kappa shape index (κ3) is 2.91. The lowest BCUT2D eigenvalue weighted by Gasteiger charge is -2.07. The first kappa shape index (κ1) is 15.9. The van der Waals surface area contributed by atoms with Crippen molar-refractivity contribution < 1.29 is 13.9 Å². The van der Waals surface area contributed by atoms with Gasteiger partial charge in [0.25, 0.3) is 5.91 Å². The zero-order valence-corrected chi connectivity index (χ0v) is 14.0. The number of amides is 1. The van der Waals surface area contributed by atoms with E-state index >= 15 is 0 Å². The molecule has 0 aliphatic carbocycles. The number of ether oxygens (including phenoxy) is 1. The molecule has 0 atom stereocenters. The molecule has 3 aromatic carbocycles. The second kappa shape index (κ2) is 6.37. The number of benzene rings is 3. The zero-order valence-electron chi connectivity index (χ0n) is 14.0. The molecule has 4 rings (SSSR count). The van der Waals surface area contributed by atoms with Gasteiger partial charge in [0.2, 0.25) is 0 Å². The van der Waals surface area contributed by atoms with E-state index in [2.05, 4.69) is 5.32 Å². The number of fused-ring (bicyclic) bond motifs is 2. The number of nitrogens with one attached hydrogen (secondary N) is 1. The molecule has 5 nitrogen and oxygen atoms in total. The van der Waals surface area contributed by atoms with Gasteiger partial charge in [0.1, 0.15) is 16.9 Å². The van der Waals surface area contributed by atoms with Crippen LogP contribution in [0.25, 0.3) is 21.7 Å². The summed E-state index contributed by atoms with van der Waals surface area (Å²) in [6, 6.07) is 20.0. The van der Waals surface area contributed by atoms with Crippen LogP contribution < -0.4 is 15.7 Å². The first-order chi connectivity index (χ1) is 12.6. The van der Waals surface area contributed by atoms with E-state index in [-0.39, 0.29) is 5.56 Å². The number of rotatable bonds is 3. The number of carbonyl (C=O) groups excluding carboxylic acids is 1. The van der Waals surface area contributed by atoms with Crippen LogP contribution in [0.4, 0.5) is 5.69 Å². The monoisotopic (exact) mass is 345 g/mol. The number of carbonyl (C=O) groups is 1. The maximum absolute atomic E-state index is 12.6. The molecule has 1 heterocycles. The quantitative estimate of drug-likeness (QED) is 0.565. The third-order valence-corrected chi connectivity index (χ3v) is 4.19. The minimum Gasteiger partial charge on any atom is -0.497 e. The maximum Gasteiger partial charge on any atom is 0.349 e. The average molecular weight is 345 g/mol. The topological polar surface area (TPSA) is 68.5 Å². The van der Waals surface area contributed by atoms with Crippen LogP contribution in [-0.2, 0) is 0 Å². The van der Waals surface area contributed by atoms with Crippen LogP contribution in [0.15, 0.2) is 75.9 Å². The smallest absolute Gasteiger partial charge is 0.349 e. The molecule has 26 heavy (non-hydrogen) atoms. The Hall–Kier alpha value is -3.60. The summed E-state index contributed by atoms with van der Waals surface area (Å²) in [4.78, 5) is 24.7. The van der Waals surface area contributed by atoms with Crippen LogP contribution in [0.1, 0.15) is 10.4 Å². The van der Waals surface area contributed by atoms with Gasteiger partial charge in [0.15, 0.2) is 0 Å². The van der Waals surface area contributed by atoms with Crippen molar-refractivity contribution in [2.75, 3.05) is 12.4 Å². The van der Waals surface area contributed by atoms with Crippen LogP contribution >= 0.6 is 0 Å². The van der Waals surface area contributed by atoms with Gasteiger partial charge in [-0.3, -0.25) is 4.79 Å². The summed E-state index contributed by atoms with van der Waals surface area (Å²) in [5.41, 5.74) is 0.275. The Balaban J connectivity index is 1.70. The molecule has 0 radical (unpaired) electrons. The summed E-state index contributed by atoms with van der Waals surface area (Å²) in [6.07, 6.45) is 0. The Kier molecular flexibility index (Phi) is 3.89. The summed E-state index contributed by atoms with van der Waals surface area (Å²) >= 11 is 0. The van der Waals surface area contributed by atoms with Gasteiger partial charge in [0, 0.05) is 11.1 Å². The lowest BCUT2D eigenvalue weighted by molar-refractivity contribution is 0.102. The fraction of sp³-hybridized carbons (Fsp3) is 0.0476. The summed E-state index contributed by atoms with van der Waals surface area (Å²) in [6.45, 7) is 0. The molecule has 1 N–H and O–H groups in total. The van der Waals surface area contributed by atoms with Gasteiger partial charge < -0.3 is 14.5 Å². The summed E-state index contributed by atoms with van der Waals surface area (Å²) in [5, 5.41) is 5.45. The molecule has 4 aromatic rings. The molecule has 5 heteroatoms. The van der Waals surface area contributed by atoms with Gasteiger partial charge in [0.05, 0.1) is 7.11 Å². The van der Waals surface area contributed by atoms with Crippen molar-refractivity contribution in [1.29, 1.82) is 0 Å². The number of hydrogen-bond acceptors (Lipinski definition) is 4. The van der Waals surface area contributed by atoms with Crippen molar-refractivity contribution in [2.24, 2.45) is 0 Å². The van der Waals surface area contributed by atoms with Gasteiger partial charge in [-0.2, -0.15) is 0 Å². The SMILES string of the molecule is COc1ccc2oc(=O)c(C(=O)Nc3ccc4ccccc4c3)cc2c1. The maximum atomic E-state index is 12.6. The number of hydrogen-bond donors (Lipinski definition) is 1. The van der Waals surface area contributed by atoms with Crippen LogP contribution in [0, 0.1) is 0 Å². The molecule has 0 unspecified atom stereocenters. The first-order valence-corrected chi connectivity index (χ1v) is 8.06. The Bertz CT molecular complexity index is 1190. The second-order valence-corrected chi connectivity index (χ2v) is 5.87. The highest BCUT2D eigenvalue weighted by Crippen LogP contribution is 2.22. The van der Waals surface area contributed by atoms with Crippen molar-refractivity contribution >= 4 is 33.3 Å². The van der Waals surface area contributed by atoms with E-state index in [9.17, 15) is 9.59 Å². The van der Waals surface area contributed by atoms with Crippen molar-refractivity contribution in [3.8, 4) is 5.75 Å². The largest absolute Gasteiger partial charge is 0.497 e. The molecule has 0 fully saturated rings. The molecule has 0 aliphatic heterocycles. The lowest BCUT2D eigenvalue weighted by atomic mass is 10.1. The van der Waals surface area contributed by atoms with E-state index < -0.39 is 11.5 Å². The lowest BCUT2D eigenvalue weighted by Crippen LogP contribution is -2.20. The molecule has 1 aromatic heterocycles. The first-order valence-electron chi connectivity index (χ1n) is 8.06. The summed E-state index contributed by atoms with van der Waals surface area (Å²) < 4.78 is 10.4. The Labute approximate surface area is 148 Å². The minimum atomic E-state index is -0.680. The van der Waals surface area contributed by atoms with Crippen LogP contribution in [-0.4, -0.2) is 13.0 Å². The van der Waals surface area contributed by atoms with Crippen molar-refractivity contribution in [3.05, 3.63) is 82.7 Å². The van der Waals surface area contributed by atoms with Gasteiger partial charge in [-0.05, 0) is 47.2 Å². The van der Waals surface area contributed by atoms with E-state index in [4.69, 9.17) is 9.15 Å². The molecule has 0 aliphatic rings. The van der Waals surface area contributed by atoms with E-state index in [0.717, 1.165) is 10.8 Å². The van der Waals surface area contributed by atoms with Crippen molar-refractivity contribution in [1.82, 2.24) is 0 Å². The normalized spacial score (nSPS) is 10.8. The highest BCUT2D eigenvalue weighted by atomic mass is 16.5. The standard InChI is InChI=1S/C21H15NO4/c1-25-17-8-9-19-15(11-17)12-18(21(24)26-19)20(23)22-16-7-6-13-4-2-3-5-14(13)10-16/h2-12H,1H3,(H,22,23). The zero-order chi connectivity index (χ0) is 18.1. The minimum absolute atomic E-state index is 0.0566. The van der Waals surface area contributed by atoms with Crippen LogP contribution in [0.5, 0.6) is 5.75 Å². The van der Waals surface area contributed by atoms with E-state index in [0.29, 0.717) is 22.4 Å². The Morgan fingerprint density at radius 2 is 1.73 bits per heavy atom. The average Bonchev–Trinajstić information content (AvgIpc) is 2.67. The van der Waals surface area contributed by atoms with E-state index in [1.807, 2.05) is 36.4 Å². The van der Waals surface area contributed by atoms with Crippen LogP contribution in [0.2, 0.25) is 0 Å². The predicted octanol–water partition coefficient (Wildman–Crippen LogP) is 4.21. The van der Waals surface area contributed by atoms with E-state index in [1.165, 1.54) is 6.07 Å². The number of methoxy groups -OCH3 is 1. The predicted molar refractivity (Wildman–Crippen MR) is 101 cm³/mol. The Morgan fingerprint density at radius 1 is 0.923 bits per heavy atom. The molecule has 0 bridgehead atoms. The van der Waals surface area contributed by atoms with Crippen molar-refractivity contribution in [3.63, 3.8) is 0 Å². The molecule has 0 spiro atoms. The van der Waals surface area contributed by atoms with Crippen LogP contribution in [0.3, 0.4) is 0 Å². The molecule has 1 amide bonds. The fourth-order valence-corrected chi connectivity index (χ4v) is 2.85. The highest BCUT2D eigenvalue weighted by Gasteiger charge is 2.14. The summed E-state index contributed by atoms with van der Waals surface area (Å²) in [7, 11) is 1.55. The highest BCUT2D eigenvalue weighted by molar-refractivity contribution is 6.06. The van der Waals surface area contributed by atoms with Gasteiger partial charge in [-0.15, -0.1) is 0 Å². The third-order valence-electron chi connectivity index (χ3n) is 4.19. The second-order valence-electron chi connectivity index (χ2n) is 5.87. The molecule has 0 saturated heterocycles. The van der Waals surface area contributed by atoms with Gasteiger partial charge in [-0.25, -0.2) is 4.79 Å². The van der Waals surface area contributed by atoms with Gasteiger partial charge >= 0.3 is 5.63 Å². The van der Waals surface area contributed by atoms with Crippen molar-refractivity contribution in [2.45, 2.75) is 0 Å². The molecular formula is C21H15NO4. The molecule has 0 saturated carbocycles. The Morgan fingerprint density at radius 3 is 2.54 bits per heavy atom.